The number of alkyl halides is 3. The largest absolute Gasteiger partial charge is 0.417 e. The molecule has 2 aromatic carbocycles. The second-order valence-electron chi connectivity index (χ2n) is 4.05. The minimum absolute atomic E-state index is 0.0951. The lowest BCUT2D eigenvalue weighted by Gasteiger charge is -2.15. The molecule has 2 rings (SSSR count). The molecule has 110 valence electrons. The Kier molecular flexibility index (Phi) is 4.11. The van der Waals surface area contributed by atoms with Gasteiger partial charge in [0.15, 0.2) is 0 Å². The van der Waals surface area contributed by atoms with Crippen molar-refractivity contribution in [3.05, 3.63) is 62.1 Å². The van der Waals surface area contributed by atoms with Crippen molar-refractivity contribution < 1.29 is 18.1 Å². The van der Waals surface area contributed by atoms with E-state index in [0.717, 1.165) is 18.2 Å². The molecule has 0 atom stereocenters. The Balaban J connectivity index is 2.92. The maximum Gasteiger partial charge on any atom is 0.417 e. The van der Waals surface area contributed by atoms with Crippen molar-refractivity contribution in [3.63, 3.8) is 0 Å². The highest BCUT2D eigenvalue weighted by Gasteiger charge is 2.38. The van der Waals surface area contributed by atoms with Gasteiger partial charge >= 0.3 is 6.18 Å². The molecule has 0 spiro atoms. The molecule has 8 heteroatoms. The summed E-state index contributed by atoms with van der Waals surface area (Å²) >= 11 is 11.8. The Morgan fingerprint density at radius 1 is 0.952 bits per heavy atom. The van der Waals surface area contributed by atoms with Crippen LogP contribution in [-0.2, 0) is 6.18 Å². The molecule has 3 nitrogen and oxygen atoms in total. The summed E-state index contributed by atoms with van der Waals surface area (Å²) in [6, 6.07) is 6.77. The molecule has 0 aliphatic heterocycles. The molecule has 0 heterocycles. The Morgan fingerprint density at radius 2 is 1.48 bits per heavy atom. The number of nitro benzene ring substituents is 1. The van der Waals surface area contributed by atoms with Gasteiger partial charge in [-0.3, -0.25) is 10.1 Å². The zero-order valence-corrected chi connectivity index (χ0v) is 11.6. The molecule has 0 fully saturated rings. The predicted molar refractivity (Wildman–Crippen MR) is 73.6 cm³/mol. The van der Waals surface area contributed by atoms with Crippen molar-refractivity contribution in [2.75, 3.05) is 0 Å². The van der Waals surface area contributed by atoms with Crippen LogP contribution in [0.4, 0.5) is 18.9 Å². The molecule has 0 saturated carbocycles. The summed E-state index contributed by atoms with van der Waals surface area (Å²) in [5.74, 6) is 0. The summed E-state index contributed by atoms with van der Waals surface area (Å²) in [6.45, 7) is 0. The first kappa shape index (κ1) is 15.6. The summed E-state index contributed by atoms with van der Waals surface area (Å²) in [5, 5.41) is 10.9. The van der Waals surface area contributed by atoms with Gasteiger partial charge in [0.1, 0.15) is 0 Å². The monoisotopic (exact) mass is 335 g/mol. The zero-order chi connectivity index (χ0) is 15.8. The van der Waals surface area contributed by atoms with Crippen molar-refractivity contribution in [2.45, 2.75) is 6.18 Å². The molecular weight excluding hydrogens is 330 g/mol. The molecule has 0 unspecified atom stereocenters. The van der Waals surface area contributed by atoms with E-state index in [0.29, 0.717) is 0 Å². The Bertz CT molecular complexity index is 697. The van der Waals surface area contributed by atoms with E-state index in [1.54, 1.807) is 0 Å². The van der Waals surface area contributed by atoms with E-state index >= 15 is 0 Å². The Labute approximate surface area is 127 Å². The summed E-state index contributed by atoms with van der Waals surface area (Å²) in [5.41, 5.74) is -2.71. The second-order valence-corrected chi connectivity index (χ2v) is 4.87. The lowest BCUT2D eigenvalue weighted by Crippen LogP contribution is -2.09. The molecule has 0 aliphatic carbocycles. The average molecular weight is 336 g/mol. The molecule has 21 heavy (non-hydrogen) atoms. The van der Waals surface area contributed by atoms with Gasteiger partial charge in [-0.15, -0.1) is 0 Å². The van der Waals surface area contributed by atoms with Gasteiger partial charge in [-0.25, -0.2) is 0 Å². The minimum atomic E-state index is -4.77. The fourth-order valence-corrected chi connectivity index (χ4v) is 2.51. The molecule has 0 aliphatic rings. The van der Waals surface area contributed by atoms with Crippen LogP contribution in [0.25, 0.3) is 11.1 Å². The van der Waals surface area contributed by atoms with Crippen molar-refractivity contribution in [1.29, 1.82) is 0 Å². The van der Waals surface area contributed by atoms with Crippen molar-refractivity contribution in [2.24, 2.45) is 0 Å². The van der Waals surface area contributed by atoms with Crippen molar-refractivity contribution in [3.8, 4) is 11.1 Å². The molecule has 0 N–H and O–H groups in total. The molecule has 0 bridgehead atoms. The number of rotatable bonds is 2. The van der Waals surface area contributed by atoms with E-state index in [1.807, 2.05) is 0 Å². The quantitative estimate of drug-likeness (QED) is 0.530. The van der Waals surface area contributed by atoms with Crippen LogP contribution in [0.3, 0.4) is 0 Å². The van der Waals surface area contributed by atoms with Crippen molar-refractivity contribution >= 4 is 28.9 Å². The number of halogens is 5. The normalized spacial score (nSPS) is 11.5. The zero-order valence-electron chi connectivity index (χ0n) is 10.1. The van der Waals surface area contributed by atoms with Gasteiger partial charge < -0.3 is 0 Å². The van der Waals surface area contributed by atoms with Crippen LogP contribution < -0.4 is 0 Å². The van der Waals surface area contributed by atoms with Crippen LogP contribution in [0.2, 0.25) is 10.0 Å². The molecular formula is C13H6Cl2F3NO2. The number of hydrogen-bond donors (Lipinski definition) is 0. The van der Waals surface area contributed by atoms with Crippen LogP contribution in [0.5, 0.6) is 0 Å². The van der Waals surface area contributed by atoms with Crippen LogP contribution >= 0.6 is 23.2 Å². The standard InChI is InChI=1S/C13H6Cl2F3NO2/c14-8-4-2-5-9(15)12(8)11-7(13(16,17)18)3-1-6-10(11)19(20)21/h1-6H. The van der Waals surface area contributed by atoms with Crippen LogP contribution in [-0.4, -0.2) is 4.92 Å². The van der Waals surface area contributed by atoms with Crippen LogP contribution in [0.1, 0.15) is 5.56 Å². The third-order valence-corrected chi connectivity index (χ3v) is 3.39. The number of nitrogens with zero attached hydrogens (tertiary/aromatic N) is 1. The first-order valence-electron chi connectivity index (χ1n) is 5.52. The highest BCUT2D eigenvalue weighted by Crippen LogP contribution is 2.46. The fourth-order valence-electron chi connectivity index (χ4n) is 1.93. The van der Waals surface area contributed by atoms with Gasteiger partial charge in [0.25, 0.3) is 5.69 Å². The summed E-state index contributed by atoms with van der Waals surface area (Å²) in [6.07, 6.45) is -4.77. The van der Waals surface area contributed by atoms with E-state index in [1.165, 1.54) is 18.2 Å². The minimum Gasteiger partial charge on any atom is -0.258 e. The summed E-state index contributed by atoms with van der Waals surface area (Å²) < 4.78 is 39.4. The van der Waals surface area contributed by atoms with Gasteiger partial charge in [-0.05, 0) is 18.2 Å². The number of benzene rings is 2. The topological polar surface area (TPSA) is 43.1 Å². The van der Waals surface area contributed by atoms with E-state index in [4.69, 9.17) is 23.2 Å². The summed E-state index contributed by atoms with van der Waals surface area (Å²) in [4.78, 5) is 10.2. The highest BCUT2D eigenvalue weighted by molar-refractivity contribution is 6.39. The van der Waals surface area contributed by atoms with Gasteiger partial charge in [0.05, 0.1) is 26.1 Å². The Hall–Kier alpha value is -1.79. The highest BCUT2D eigenvalue weighted by atomic mass is 35.5. The van der Waals surface area contributed by atoms with E-state index in [9.17, 15) is 23.3 Å². The van der Waals surface area contributed by atoms with Crippen LogP contribution in [0.15, 0.2) is 36.4 Å². The second kappa shape index (κ2) is 5.54. The third kappa shape index (κ3) is 2.96. The lowest BCUT2D eigenvalue weighted by molar-refractivity contribution is -0.384. The molecule has 0 aromatic heterocycles. The predicted octanol–water partition coefficient (Wildman–Crippen LogP) is 5.59. The van der Waals surface area contributed by atoms with Crippen LogP contribution in [0, 0.1) is 10.1 Å². The molecule has 2 aromatic rings. The first-order chi connectivity index (χ1) is 9.73. The molecule has 0 radical (unpaired) electrons. The molecule has 0 amide bonds. The van der Waals surface area contributed by atoms with Gasteiger partial charge in [0.2, 0.25) is 0 Å². The average Bonchev–Trinajstić information content (AvgIpc) is 2.37. The van der Waals surface area contributed by atoms with E-state index in [2.05, 4.69) is 0 Å². The van der Waals surface area contributed by atoms with Gasteiger partial charge in [0, 0.05) is 11.6 Å². The first-order valence-corrected chi connectivity index (χ1v) is 6.28. The maximum absolute atomic E-state index is 13.1. The maximum atomic E-state index is 13.1. The lowest BCUT2D eigenvalue weighted by atomic mass is 9.97. The fraction of sp³-hybridized carbons (Fsp3) is 0.0769. The van der Waals surface area contributed by atoms with Gasteiger partial charge in [-0.2, -0.15) is 13.2 Å². The third-order valence-electron chi connectivity index (χ3n) is 2.76. The van der Waals surface area contributed by atoms with E-state index < -0.39 is 27.9 Å². The SMILES string of the molecule is O=[N+]([O-])c1cccc(C(F)(F)F)c1-c1c(Cl)cccc1Cl. The summed E-state index contributed by atoms with van der Waals surface area (Å²) in [7, 11) is 0. The van der Waals surface area contributed by atoms with Gasteiger partial charge in [-0.1, -0.05) is 35.3 Å². The van der Waals surface area contributed by atoms with Crippen molar-refractivity contribution in [1.82, 2.24) is 0 Å². The molecule has 0 saturated heterocycles. The Morgan fingerprint density at radius 3 is 1.95 bits per heavy atom. The smallest absolute Gasteiger partial charge is 0.258 e. The number of hydrogen-bond acceptors (Lipinski definition) is 2. The van der Waals surface area contributed by atoms with E-state index in [-0.39, 0.29) is 15.6 Å². The number of nitro groups is 1.